The van der Waals surface area contributed by atoms with Gasteiger partial charge in [-0.3, -0.25) is 9.59 Å². The van der Waals surface area contributed by atoms with E-state index in [0.717, 1.165) is 5.56 Å². The van der Waals surface area contributed by atoms with E-state index in [0.29, 0.717) is 32.5 Å². The third kappa shape index (κ3) is 3.56. The third-order valence-electron chi connectivity index (χ3n) is 5.10. The summed E-state index contributed by atoms with van der Waals surface area (Å²) < 4.78 is 5.07. The number of carbonyl (C=O) groups is 3. The van der Waals surface area contributed by atoms with E-state index in [4.69, 9.17) is 4.74 Å². The summed E-state index contributed by atoms with van der Waals surface area (Å²) in [7, 11) is 0. The van der Waals surface area contributed by atoms with Crippen molar-refractivity contribution >= 4 is 17.9 Å². The van der Waals surface area contributed by atoms with Crippen molar-refractivity contribution in [2.75, 3.05) is 26.2 Å². The Kier molecular flexibility index (Phi) is 5.25. The Morgan fingerprint density at radius 1 is 1.31 bits per heavy atom. The summed E-state index contributed by atoms with van der Waals surface area (Å²) >= 11 is 0. The molecular weight excluding hydrogens is 334 g/mol. The zero-order valence-electron chi connectivity index (χ0n) is 14.6. The average Bonchev–Trinajstić information content (AvgIpc) is 3.11. The number of hydrogen-bond donors (Lipinski definition) is 2. The average molecular weight is 357 g/mol. The fraction of sp³-hybridized carbons (Fsp3) is 0.421. The van der Waals surface area contributed by atoms with Gasteiger partial charge in [-0.25, -0.2) is 4.79 Å². The third-order valence-corrected chi connectivity index (χ3v) is 5.10. The first-order chi connectivity index (χ1) is 12.5. The molecule has 7 nitrogen and oxygen atoms in total. The number of cyclic esters (lactones) is 1. The van der Waals surface area contributed by atoms with Gasteiger partial charge >= 0.3 is 6.09 Å². The molecule has 2 heterocycles. The molecule has 0 saturated carbocycles. The molecule has 7 heteroatoms. The van der Waals surface area contributed by atoms with Gasteiger partial charge in [0.15, 0.2) is 0 Å². The molecule has 138 valence electrons. The highest BCUT2D eigenvalue weighted by Crippen LogP contribution is 2.36. The van der Waals surface area contributed by atoms with Crippen LogP contribution in [0, 0.1) is 0 Å². The highest BCUT2D eigenvalue weighted by atomic mass is 16.6. The molecule has 2 aliphatic rings. The van der Waals surface area contributed by atoms with Crippen LogP contribution in [0.2, 0.25) is 0 Å². The molecule has 1 unspecified atom stereocenters. The molecule has 2 aliphatic heterocycles. The molecule has 0 radical (unpaired) electrons. The molecule has 26 heavy (non-hydrogen) atoms. The maximum atomic E-state index is 13.1. The first-order valence-electron chi connectivity index (χ1n) is 8.75. The summed E-state index contributed by atoms with van der Waals surface area (Å²) in [6.07, 6.45) is 1.55. The Morgan fingerprint density at radius 2 is 2.00 bits per heavy atom. The molecule has 2 N–H and O–H groups in total. The second-order valence-electron chi connectivity index (χ2n) is 6.60. The lowest BCUT2D eigenvalue weighted by Gasteiger charge is -2.41. The first-order valence-corrected chi connectivity index (χ1v) is 8.75. The number of carbonyl (C=O) groups excluding carboxylic acids is 3. The zero-order chi connectivity index (χ0) is 18.6. The molecule has 3 rings (SSSR count). The fourth-order valence-corrected chi connectivity index (χ4v) is 3.56. The Balaban J connectivity index is 1.74. The summed E-state index contributed by atoms with van der Waals surface area (Å²) in [6.45, 7) is 5.17. The molecule has 2 saturated heterocycles. The van der Waals surface area contributed by atoms with Crippen LogP contribution in [0.15, 0.2) is 43.0 Å². The summed E-state index contributed by atoms with van der Waals surface area (Å²) in [5.74, 6) is -0.214. The number of piperidine rings is 1. The van der Waals surface area contributed by atoms with Gasteiger partial charge in [-0.05, 0) is 24.5 Å². The van der Waals surface area contributed by atoms with Gasteiger partial charge in [0.25, 0.3) is 0 Å². The Bertz CT molecular complexity index is 696. The lowest BCUT2D eigenvalue weighted by atomic mass is 9.72. The molecule has 0 bridgehead atoms. The normalized spacial score (nSPS) is 21.5. The van der Waals surface area contributed by atoms with Crippen LogP contribution >= 0.6 is 0 Å². The van der Waals surface area contributed by atoms with E-state index in [-0.39, 0.29) is 24.5 Å². The number of nitrogens with one attached hydrogen (secondary N) is 2. The first kappa shape index (κ1) is 18.0. The molecule has 0 aromatic heterocycles. The van der Waals surface area contributed by atoms with E-state index in [2.05, 4.69) is 17.2 Å². The minimum atomic E-state index is -0.699. The summed E-state index contributed by atoms with van der Waals surface area (Å²) in [5.41, 5.74) is 0.236. The quantitative estimate of drug-likeness (QED) is 0.769. The van der Waals surface area contributed by atoms with Crippen molar-refractivity contribution in [2.24, 2.45) is 0 Å². The maximum absolute atomic E-state index is 13.1. The largest absolute Gasteiger partial charge is 0.442 e. The summed E-state index contributed by atoms with van der Waals surface area (Å²) in [6, 6.07) is 9.63. The maximum Gasteiger partial charge on any atom is 0.407 e. The number of likely N-dealkylation sites (tertiary alicyclic amines) is 1. The lowest BCUT2D eigenvalue weighted by molar-refractivity contribution is -0.134. The molecular formula is C19H23N3O4. The van der Waals surface area contributed by atoms with E-state index in [1.807, 2.05) is 30.3 Å². The van der Waals surface area contributed by atoms with Gasteiger partial charge in [-0.1, -0.05) is 36.9 Å². The topological polar surface area (TPSA) is 87.7 Å². The number of amides is 3. The Hall–Kier alpha value is -2.83. The minimum absolute atomic E-state index is 0.0997. The minimum Gasteiger partial charge on any atom is -0.442 e. The van der Waals surface area contributed by atoms with E-state index in [9.17, 15) is 14.4 Å². The van der Waals surface area contributed by atoms with E-state index < -0.39 is 11.5 Å². The van der Waals surface area contributed by atoms with Gasteiger partial charge in [0, 0.05) is 13.1 Å². The number of rotatable bonds is 5. The summed E-state index contributed by atoms with van der Waals surface area (Å²) in [4.78, 5) is 37.8. The molecule has 3 amide bonds. The number of benzene rings is 1. The number of hydrogen-bond acceptors (Lipinski definition) is 4. The number of nitrogens with zero attached hydrogens (tertiary/aromatic N) is 1. The van der Waals surface area contributed by atoms with Crippen molar-refractivity contribution in [3.63, 3.8) is 0 Å². The predicted molar refractivity (Wildman–Crippen MR) is 95.4 cm³/mol. The highest BCUT2D eigenvalue weighted by molar-refractivity contribution is 5.90. The number of alkyl carbamates (subject to hydrolysis) is 1. The van der Waals surface area contributed by atoms with Crippen molar-refractivity contribution < 1.29 is 19.1 Å². The SMILES string of the molecule is C=CC(=O)N1CCC(C(=O)NCC2CNC(=O)O2)(c2ccccc2)CC1. The smallest absolute Gasteiger partial charge is 0.407 e. The van der Waals surface area contributed by atoms with Crippen LogP contribution in [0.25, 0.3) is 0 Å². The molecule has 1 atom stereocenters. The standard InChI is InChI=1S/C19H23N3O4/c1-2-16(23)22-10-8-19(9-11-22,14-6-4-3-5-7-14)17(24)20-12-15-13-21-18(25)26-15/h2-7,15H,1,8-13H2,(H,20,24)(H,21,25). The molecule has 1 aromatic rings. The monoisotopic (exact) mass is 357 g/mol. The predicted octanol–water partition coefficient (Wildman–Crippen LogP) is 0.957. The summed E-state index contributed by atoms with van der Waals surface area (Å²) in [5, 5.41) is 5.51. The lowest BCUT2D eigenvalue weighted by Crippen LogP contribution is -2.53. The molecule has 0 aliphatic carbocycles. The highest BCUT2D eigenvalue weighted by Gasteiger charge is 2.43. The van der Waals surface area contributed by atoms with Gasteiger partial charge in [0.1, 0.15) is 6.10 Å². The van der Waals surface area contributed by atoms with E-state index in [1.165, 1.54) is 6.08 Å². The van der Waals surface area contributed by atoms with E-state index in [1.54, 1.807) is 4.90 Å². The van der Waals surface area contributed by atoms with Crippen LogP contribution in [0.3, 0.4) is 0 Å². The van der Waals surface area contributed by atoms with Crippen molar-refractivity contribution in [1.82, 2.24) is 15.5 Å². The van der Waals surface area contributed by atoms with Crippen LogP contribution in [0.5, 0.6) is 0 Å². The van der Waals surface area contributed by atoms with Crippen LogP contribution in [0.1, 0.15) is 18.4 Å². The van der Waals surface area contributed by atoms with Crippen LogP contribution in [0.4, 0.5) is 4.79 Å². The number of ether oxygens (including phenoxy) is 1. The van der Waals surface area contributed by atoms with E-state index >= 15 is 0 Å². The Morgan fingerprint density at radius 3 is 2.58 bits per heavy atom. The van der Waals surface area contributed by atoms with Gasteiger partial charge in [-0.15, -0.1) is 0 Å². The van der Waals surface area contributed by atoms with Gasteiger partial charge in [0.05, 0.1) is 18.5 Å². The Labute approximate surface area is 152 Å². The zero-order valence-corrected chi connectivity index (χ0v) is 14.6. The van der Waals surface area contributed by atoms with Gasteiger partial charge in [-0.2, -0.15) is 0 Å². The van der Waals surface area contributed by atoms with Crippen LogP contribution in [-0.4, -0.2) is 55.1 Å². The van der Waals surface area contributed by atoms with Crippen molar-refractivity contribution in [3.8, 4) is 0 Å². The van der Waals surface area contributed by atoms with Crippen molar-refractivity contribution in [3.05, 3.63) is 48.6 Å². The second kappa shape index (κ2) is 7.59. The van der Waals surface area contributed by atoms with Gasteiger partial charge in [0.2, 0.25) is 11.8 Å². The fourth-order valence-electron chi connectivity index (χ4n) is 3.56. The molecule has 2 fully saturated rings. The van der Waals surface area contributed by atoms with Crippen LogP contribution in [-0.2, 0) is 19.7 Å². The van der Waals surface area contributed by atoms with Crippen molar-refractivity contribution in [2.45, 2.75) is 24.4 Å². The molecule has 0 spiro atoms. The second-order valence-corrected chi connectivity index (χ2v) is 6.60. The van der Waals surface area contributed by atoms with Gasteiger partial charge < -0.3 is 20.3 Å². The van der Waals surface area contributed by atoms with Crippen molar-refractivity contribution in [1.29, 1.82) is 0 Å². The molecule has 1 aromatic carbocycles. The van der Waals surface area contributed by atoms with Crippen LogP contribution < -0.4 is 10.6 Å².